The standard InChI is InChI=1S/C26H32N2O6/c1-7-17-13-27(4)9-8-26-20-11-22(32-5)23(33-6)12-21(20)28(15(2)29)25(26)19(14-34-16(3)30)18(17)10-24(26)31/h7,11-13,18-19,25H,1,8-10,14H2,2-6H3. The molecule has 3 heterocycles. The second kappa shape index (κ2) is 8.81. The molecule has 4 unspecified atom stereocenters. The summed E-state index contributed by atoms with van der Waals surface area (Å²) in [5.74, 6) is -0.0681. The average Bonchev–Trinajstić information content (AvgIpc) is 3.13. The third-order valence-corrected chi connectivity index (χ3v) is 7.56. The highest BCUT2D eigenvalue weighted by molar-refractivity contribution is 6.05. The molecular weight excluding hydrogens is 436 g/mol. The van der Waals surface area contributed by atoms with Gasteiger partial charge in [-0.1, -0.05) is 12.7 Å². The molecule has 1 fully saturated rings. The Hall–Kier alpha value is -3.29. The average molecular weight is 469 g/mol. The summed E-state index contributed by atoms with van der Waals surface area (Å²) in [6.07, 6.45) is 4.55. The summed E-state index contributed by atoms with van der Waals surface area (Å²) in [7, 11) is 5.06. The Kier molecular flexibility index (Phi) is 6.18. The SMILES string of the molecule is C=CC1=CN(C)CCC23C(=O)CC1C(COC(C)=O)C2N(C(C)=O)c1cc(OC)c(OC)cc13. The second-order valence-electron chi connectivity index (χ2n) is 9.29. The van der Waals surface area contributed by atoms with Crippen molar-refractivity contribution in [2.24, 2.45) is 11.8 Å². The van der Waals surface area contributed by atoms with Crippen LogP contribution in [0.15, 0.2) is 36.6 Å². The fourth-order valence-corrected chi connectivity index (χ4v) is 6.12. The van der Waals surface area contributed by atoms with E-state index in [-0.39, 0.29) is 36.6 Å². The first kappa shape index (κ1) is 23.9. The van der Waals surface area contributed by atoms with Crippen molar-refractivity contribution in [3.8, 4) is 11.5 Å². The quantitative estimate of drug-likeness (QED) is 0.615. The van der Waals surface area contributed by atoms with Crippen LogP contribution in [0.5, 0.6) is 11.5 Å². The molecule has 0 aromatic heterocycles. The third-order valence-electron chi connectivity index (χ3n) is 7.56. The first-order chi connectivity index (χ1) is 16.2. The lowest BCUT2D eigenvalue weighted by molar-refractivity contribution is -0.144. The van der Waals surface area contributed by atoms with Gasteiger partial charge in [0.1, 0.15) is 5.78 Å². The van der Waals surface area contributed by atoms with E-state index >= 15 is 0 Å². The number of ether oxygens (including phenoxy) is 3. The molecule has 8 nitrogen and oxygen atoms in total. The molecule has 0 saturated heterocycles. The molecule has 0 N–H and O–H groups in total. The first-order valence-corrected chi connectivity index (χ1v) is 11.5. The summed E-state index contributed by atoms with van der Waals surface area (Å²) < 4.78 is 16.6. The minimum absolute atomic E-state index is 0.0712. The zero-order valence-electron chi connectivity index (χ0n) is 20.4. The van der Waals surface area contributed by atoms with Gasteiger partial charge in [-0.15, -0.1) is 0 Å². The monoisotopic (exact) mass is 468 g/mol. The van der Waals surface area contributed by atoms with Crippen LogP contribution in [-0.4, -0.2) is 63.0 Å². The van der Waals surface area contributed by atoms with Gasteiger partial charge in [-0.25, -0.2) is 0 Å². The third kappa shape index (κ3) is 3.47. The number of hydrogen-bond acceptors (Lipinski definition) is 7. The number of allylic oxidation sites excluding steroid dienone is 2. The molecule has 1 aliphatic carbocycles. The molecule has 182 valence electrons. The van der Waals surface area contributed by atoms with E-state index in [1.165, 1.54) is 13.8 Å². The van der Waals surface area contributed by atoms with Crippen molar-refractivity contribution >= 4 is 23.3 Å². The molecule has 1 saturated carbocycles. The van der Waals surface area contributed by atoms with Crippen molar-refractivity contribution < 1.29 is 28.6 Å². The van der Waals surface area contributed by atoms with Gasteiger partial charge in [0.05, 0.1) is 38.0 Å². The van der Waals surface area contributed by atoms with Crippen LogP contribution in [0.25, 0.3) is 0 Å². The van der Waals surface area contributed by atoms with Gasteiger partial charge in [0, 0.05) is 58.0 Å². The van der Waals surface area contributed by atoms with E-state index in [1.54, 1.807) is 31.3 Å². The number of methoxy groups -OCH3 is 2. The number of hydrogen-bond donors (Lipinski definition) is 0. The van der Waals surface area contributed by atoms with E-state index in [0.717, 1.165) is 11.1 Å². The summed E-state index contributed by atoms with van der Waals surface area (Å²) in [6.45, 7) is 7.56. The molecule has 4 aliphatic rings. The largest absolute Gasteiger partial charge is 0.493 e. The first-order valence-electron chi connectivity index (χ1n) is 11.5. The highest BCUT2D eigenvalue weighted by Gasteiger charge is 2.64. The van der Waals surface area contributed by atoms with E-state index in [9.17, 15) is 14.4 Å². The molecule has 2 bridgehead atoms. The topological polar surface area (TPSA) is 85.4 Å². The molecule has 5 rings (SSSR count). The molecule has 1 aromatic carbocycles. The van der Waals surface area contributed by atoms with E-state index < -0.39 is 17.4 Å². The lowest BCUT2D eigenvalue weighted by atomic mass is 9.57. The number of esters is 1. The number of ketones is 1. The zero-order valence-corrected chi connectivity index (χ0v) is 20.4. The summed E-state index contributed by atoms with van der Waals surface area (Å²) in [5.41, 5.74) is 1.35. The highest BCUT2D eigenvalue weighted by atomic mass is 16.5. The molecular formula is C26H32N2O6. The van der Waals surface area contributed by atoms with Gasteiger partial charge < -0.3 is 24.0 Å². The second-order valence-corrected chi connectivity index (χ2v) is 9.29. The van der Waals surface area contributed by atoms with Gasteiger partial charge >= 0.3 is 5.97 Å². The number of benzene rings is 1. The lowest BCUT2D eigenvalue weighted by Crippen LogP contribution is -2.61. The van der Waals surface area contributed by atoms with Gasteiger partial charge in [0.2, 0.25) is 5.91 Å². The van der Waals surface area contributed by atoms with Crippen molar-refractivity contribution in [2.75, 3.05) is 39.3 Å². The van der Waals surface area contributed by atoms with E-state index in [4.69, 9.17) is 14.2 Å². The van der Waals surface area contributed by atoms with Gasteiger partial charge in [0.15, 0.2) is 11.5 Å². The molecule has 34 heavy (non-hydrogen) atoms. The Bertz CT molecular complexity index is 1080. The van der Waals surface area contributed by atoms with Gasteiger partial charge in [-0.2, -0.15) is 0 Å². The fraction of sp³-hybridized carbons (Fsp3) is 0.500. The predicted molar refractivity (Wildman–Crippen MR) is 127 cm³/mol. The van der Waals surface area contributed by atoms with Crippen LogP contribution in [-0.2, 0) is 24.5 Å². The maximum absolute atomic E-state index is 14.1. The summed E-state index contributed by atoms with van der Waals surface area (Å²) >= 11 is 0. The van der Waals surface area contributed by atoms with Crippen LogP contribution < -0.4 is 14.4 Å². The van der Waals surface area contributed by atoms with Crippen LogP contribution in [0, 0.1) is 11.8 Å². The van der Waals surface area contributed by atoms with Crippen LogP contribution >= 0.6 is 0 Å². The number of carbonyl (C=O) groups is 3. The van der Waals surface area contributed by atoms with E-state index in [0.29, 0.717) is 30.2 Å². The maximum Gasteiger partial charge on any atom is 0.302 e. The number of anilines is 1. The smallest absolute Gasteiger partial charge is 0.302 e. The minimum Gasteiger partial charge on any atom is -0.493 e. The number of nitrogens with zero attached hydrogens (tertiary/aromatic N) is 2. The molecule has 0 radical (unpaired) electrons. The Morgan fingerprint density at radius 3 is 2.47 bits per heavy atom. The van der Waals surface area contributed by atoms with Crippen LogP contribution in [0.2, 0.25) is 0 Å². The molecule has 3 aliphatic heterocycles. The fourth-order valence-electron chi connectivity index (χ4n) is 6.12. The van der Waals surface area contributed by atoms with Crippen molar-refractivity contribution in [3.63, 3.8) is 0 Å². The normalized spacial score (nSPS) is 27.6. The Morgan fingerprint density at radius 2 is 1.88 bits per heavy atom. The van der Waals surface area contributed by atoms with Gasteiger partial charge in [-0.3, -0.25) is 14.4 Å². The lowest BCUT2D eigenvalue weighted by Gasteiger charge is -2.48. The number of fused-ring (bicyclic) bond motifs is 5. The van der Waals surface area contributed by atoms with Crippen molar-refractivity contribution in [1.82, 2.24) is 4.90 Å². The van der Waals surface area contributed by atoms with Gasteiger partial charge in [0.25, 0.3) is 0 Å². The Balaban J connectivity index is 2.02. The number of rotatable bonds is 5. The van der Waals surface area contributed by atoms with Crippen molar-refractivity contribution in [3.05, 3.63) is 42.1 Å². The zero-order chi connectivity index (χ0) is 24.8. The van der Waals surface area contributed by atoms with Crippen LogP contribution in [0.3, 0.4) is 0 Å². The number of amides is 1. The van der Waals surface area contributed by atoms with Crippen molar-refractivity contribution in [2.45, 2.75) is 38.1 Å². The minimum atomic E-state index is -0.958. The summed E-state index contributed by atoms with van der Waals surface area (Å²) in [4.78, 5) is 42.9. The van der Waals surface area contributed by atoms with Crippen LogP contribution in [0.1, 0.15) is 32.3 Å². The van der Waals surface area contributed by atoms with Crippen molar-refractivity contribution in [1.29, 1.82) is 0 Å². The highest BCUT2D eigenvalue weighted by Crippen LogP contribution is 2.59. The number of carbonyl (C=O) groups excluding carboxylic acids is 3. The van der Waals surface area contributed by atoms with Crippen LogP contribution in [0.4, 0.5) is 5.69 Å². The van der Waals surface area contributed by atoms with E-state index in [2.05, 4.69) is 11.5 Å². The summed E-state index contributed by atoms with van der Waals surface area (Å²) in [6, 6.07) is 3.10. The van der Waals surface area contributed by atoms with E-state index in [1.807, 2.05) is 19.3 Å². The molecule has 4 atom stereocenters. The summed E-state index contributed by atoms with van der Waals surface area (Å²) in [5, 5.41) is 0. The number of Topliss-reactive ketones (excluding diaryl/α,β-unsaturated/α-hetero) is 1. The maximum atomic E-state index is 14.1. The van der Waals surface area contributed by atoms with Gasteiger partial charge in [-0.05, 0) is 23.6 Å². The Labute approximate surface area is 200 Å². The molecule has 1 amide bonds. The molecule has 1 spiro atoms. The molecule has 1 aromatic rings. The molecule has 8 heteroatoms. The predicted octanol–water partition coefficient (Wildman–Crippen LogP) is 2.85. The Morgan fingerprint density at radius 1 is 1.21 bits per heavy atom.